The molecule has 7 nitrogen and oxygen atoms in total. The standard InChI is InChI=1S/C17H19F3N6O/c18-13-9-6-22-16(27)12(9)14(8-5-23-26(7-8)17(19)20)25-15(13)24-11-4-2-1-3-10(11)21/h5,7,10-11,17H,1-4,6,21H2,(H,22,27)(H,24,25)/t10-,11?/m0/s1. The normalized spacial score (nSPS) is 22.0. The highest BCUT2D eigenvalue weighted by Crippen LogP contribution is 2.34. The molecule has 2 atom stereocenters. The fourth-order valence-corrected chi connectivity index (χ4v) is 3.67. The van der Waals surface area contributed by atoms with Crippen molar-refractivity contribution in [2.75, 3.05) is 5.32 Å². The molecule has 0 radical (unpaired) electrons. The SMILES string of the molecule is N[C@H]1CCCCC1Nc1nc(-c2cnn(C(F)F)c2)c2c(c1F)CNC2=O. The van der Waals surface area contributed by atoms with E-state index in [4.69, 9.17) is 5.73 Å². The van der Waals surface area contributed by atoms with E-state index in [9.17, 15) is 18.0 Å². The largest absolute Gasteiger partial charge is 0.363 e. The number of nitrogens with zero attached hydrogens (tertiary/aromatic N) is 3. The molecule has 0 bridgehead atoms. The number of nitrogens with two attached hydrogens (primary N) is 1. The van der Waals surface area contributed by atoms with E-state index < -0.39 is 18.3 Å². The van der Waals surface area contributed by atoms with Crippen molar-refractivity contribution in [2.24, 2.45) is 5.73 Å². The fraction of sp³-hybridized carbons (Fsp3) is 0.471. The summed E-state index contributed by atoms with van der Waals surface area (Å²) < 4.78 is 41.1. The molecule has 0 saturated heterocycles. The Labute approximate surface area is 153 Å². The number of carbonyl (C=O) groups is 1. The van der Waals surface area contributed by atoms with Gasteiger partial charge in [0.25, 0.3) is 5.91 Å². The van der Waals surface area contributed by atoms with Gasteiger partial charge >= 0.3 is 6.55 Å². The summed E-state index contributed by atoms with van der Waals surface area (Å²) in [5, 5.41) is 9.20. The minimum atomic E-state index is -2.82. The number of alkyl halides is 2. The summed E-state index contributed by atoms with van der Waals surface area (Å²) in [5.74, 6) is -1.13. The Morgan fingerprint density at radius 3 is 2.81 bits per heavy atom. The highest BCUT2D eigenvalue weighted by atomic mass is 19.3. The number of aromatic nitrogens is 3. The zero-order chi connectivity index (χ0) is 19.1. The van der Waals surface area contributed by atoms with E-state index in [2.05, 4.69) is 20.7 Å². The third kappa shape index (κ3) is 3.14. The van der Waals surface area contributed by atoms with Gasteiger partial charge in [0.05, 0.1) is 17.5 Å². The first-order valence-electron chi connectivity index (χ1n) is 8.81. The van der Waals surface area contributed by atoms with Crippen LogP contribution in [-0.4, -0.2) is 32.8 Å². The van der Waals surface area contributed by atoms with Gasteiger partial charge in [-0.05, 0) is 12.8 Å². The number of rotatable bonds is 4. The average Bonchev–Trinajstić information content (AvgIpc) is 3.27. The maximum absolute atomic E-state index is 15.0. The smallest absolute Gasteiger partial charge is 0.333 e. The Hall–Kier alpha value is -2.62. The molecule has 1 aliphatic carbocycles. The number of fused-ring (bicyclic) bond motifs is 1. The molecule has 1 aliphatic heterocycles. The molecular formula is C17H19F3N6O. The lowest BCUT2D eigenvalue weighted by atomic mass is 9.91. The summed E-state index contributed by atoms with van der Waals surface area (Å²) in [6.07, 6.45) is 5.90. The molecule has 3 heterocycles. The number of amides is 1. The predicted octanol–water partition coefficient (Wildman–Crippen LogP) is 2.40. The molecule has 144 valence electrons. The van der Waals surface area contributed by atoms with Crippen molar-refractivity contribution in [3.63, 3.8) is 0 Å². The molecule has 0 spiro atoms. The molecule has 1 unspecified atom stereocenters. The van der Waals surface area contributed by atoms with Crippen LogP contribution in [0.1, 0.15) is 48.2 Å². The summed E-state index contributed by atoms with van der Waals surface area (Å²) in [7, 11) is 0. The van der Waals surface area contributed by atoms with Gasteiger partial charge in [-0.1, -0.05) is 12.8 Å². The van der Waals surface area contributed by atoms with Crippen molar-refractivity contribution in [3.8, 4) is 11.3 Å². The lowest BCUT2D eigenvalue weighted by Crippen LogP contribution is -2.43. The van der Waals surface area contributed by atoms with Crippen molar-refractivity contribution in [1.82, 2.24) is 20.1 Å². The van der Waals surface area contributed by atoms with Gasteiger partial charge in [0.15, 0.2) is 11.6 Å². The van der Waals surface area contributed by atoms with E-state index >= 15 is 0 Å². The van der Waals surface area contributed by atoms with Crippen LogP contribution in [0.3, 0.4) is 0 Å². The number of nitrogens with one attached hydrogen (secondary N) is 2. The van der Waals surface area contributed by atoms with Gasteiger partial charge in [-0.25, -0.2) is 14.1 Å². The molecule has 1 fully saturated rings. The van der Waals surface area contributed by atoms with Crippen LogP contribution < -0.4 is 16.4 Å². The Bertz CT molecular complexity index is 884. The molecule has 4 rings (SSSR count). The number of carbonyl (C=O) groups excluding carboxylic acids is 1. The molecule has 1 saturated carbocycles. The van der Waals surface area contributed by atoms with Gasteiger partial charge in [-0.15, -0.1) is 0 Å². The fourth-order valence-electron chi connectivity index (χ4n) is 3.67. The molecule has 2 aromatic rings. The van der Waals surface area contributed by atoms with Gasteiger partial charge in [0.1, 0.15) is 0 Å². The maximum Gasteiger partial charge on any atom is 0.333 e. The summed E-state index contributed by atoms with van der Waals surface area (Å²) in [6.45, 7) is -2.80. The summed E-state index contributed by atoms with van der Waals surface area (Å²) >= 11 is 0. The molecule has 27 heavy (non-hydrogen) atoms. The number of anilines is 1. The van der Waals surface area contributed by atoms with Gasteiger partial charge < -0.3 is 16.4 Å². The minimum absolute atomic E-state index is 0.0178. The summed E-state index contributed by atoms with van der Waals surface area (Å²) in [5.41, 5.74) is 6.69. The van der Waals surface area contributed by atoms with Crippen LogP contribution in [0.25, 0.3) is 11.3 Å². The third-order valence-corrected chi connectivity index (χ3v) is 5.10. The Morgan fingerprint density at radius 1 is 1.33 bits per heavy atom. The molecule has 10 heteroatoms. The van der Waals surface area contributed by atoms with Gasteiger partial charge in [0, 0.05) is 36.0 Å². The maximum atomic E-state index is 15.0. The molecular weight excluding hydrogens is 361 g/mol. The van der Waals surface area contributed by atoms with Crippen molar-refractivity contribution in [3.05, 3.63) is 29.3 Å². The predicted molar refractivity (Wildman–Crippen MR) is 91.7 cm³/mol. The summed E-state index contributed by atoms with van der Waals surface area (Å²) in [4.78, 5) is 16.4. The monoisotopic (exact) mass is 380 g/mol. The average molecular weight is 380 g/mol. The highest BCUT2D eigenvalue weighted by molar-refractivity contribution is 6.04. The van der Waals surface area contributed by atoms with Crippen LogP contribution in [-0.2, 0) is 6.54 Å². The first-order chi connectivity index (χ1) is 13.0. The van der Waals surface area contributed by atoms with Gasteiger partial charge in [0.2, 0.25) is 0 Å². The van der Waals surface area contributed by atoms with Crippen molar-refractivity contribution in [1.29, 1.82) is 0 Å². The van der Waals surface area contributed by atoms with E-state index in [-0.39, 0.29) is 46.8 Å². The van der Waals surface area contributed by atoms with E-state index in [1.54, 1.807) is 0 Å². The van der Waals surface area contributed by atoms with Crippen molar-refractivity contribution in [2.45, 2.75) is 50.9 Å². The first-order valence-corrected chi connectivity index (χ1v) is 8.81. The van der Waals surface area contributed by atoms with E-state index in [0.717, 1.165) is 31.9 Å². The highest BCUT2D eigenvalue weighted by Gasteiger charge is 2.32. The Morgan fingerprint density at radius 2 is 2.11 bits per heavy atom. The number of hydrogen-bond acceptors (Lipinski definition) is 5. The molecule has 0 aromatic carbocycles. The van der Waals surface area contributed by atoms with Crippen molar-refractivity contribution < 1.29 is 18.0 Å². The first kappa shape index (κ1) is 17.8. The minimum Gasteiger partial charge on any atom is -0.363 e. The van der Waals surface area contributed by atoms with Crippen molar-refractivity contribution >= 4 is 11.7 Å². The third-order valence-electron chi connectivity index (χ3n) is 5.10. The zero-order valence-electron chi connectivity index (χ0n) is 14.4. The molecule has 2 aliphatic rings. The molecule has 2 aromatic heterocycles. The van der Waals surface area contributed by atoms with Crippen LogP contribution in [0.15, 0.2) is 12.4 Å². The number of halogens is 3. The molecule has 4 N–H and O–H groups in total. The Balaban J connectivity index is 1.78. The number of pyridine rings is 1. The Kier molecular flexibility index (Phi) is 4.50. The van der Waals surface area contributed by atoms with Crippen LogP contribution in [0.5, 0.6) is 0 Å². The second-order valence-corrected chi connectivity index (χ2v) is 6.85. The lowest BCUT2D eigenvalue weighted by Gasteiger charge is -2.30. The molecule has 1 amide bonds. The van der Waals surface area contributed by atoms with E-state index in [1.807, 2.05) is 0 Å². The summed E-state index contributed by atoms with van der Waals surface area (Å²) in [6, 6.07) is -0.265. The lowest BCUT2D eigenvalue weighted by molar-refractivity contribution is 0.0566. The number of hydrogen-bond donors (Lipinski definition) is 3. The van der Waals surface area contributed by atoms with E-state index in [1.165, 1.54) is 6.20 Å². The van der Waals surface area contributed by atoms with Gasteiger partial charge in [-0.2, -0.15) is 13.9 Å². The second kappa shape index (κ2) is 6.84. The van der Waals surface area contributed by atoms with Crippen LogP contribution in [0.2, 0.25) is 0 Å². The van der Waals surface area contributed by atoms with Crippen LogP contribution in [0, 0.1) is 5.82 Å². The zero-order valence-corrected chi connectivity index (χ0v) is 14.4. The van der Waals surface area contributed by atoms with E-state index in [0.29, 0.717) is 4.68 Å². The van der Waals surface area contributed by atoms with Gasteiger partial charge in [-0.3, -0.25) is 4.79 Å². The quantitative estimate of drug-likeness (QED) is 0.757. The van der Waals surface area contributed by atoms with Crippen LogP contribution >= 0.6 is 0 Å². The topological polar surface area (TPSA) is 97.9 Å². The van der Waals surface area contributed by atoms with Crippen LogP contribution in [0.4, 0.5) is 19.0 Å². The second-order valence-electron chi connectivity index (χ2n) is 6.85.